The maximum absolute atomic E-state index is 6.61. The van der Waals surface area contributed by atoms with Gasteiger partial charge in [0, 0.05) is 20.1 Å². The standard InChI is InChI=1S/C15H21Br2Cl/c1-10-5-6-11(16)13(2,3)15(10)8-7-14(4,18)12(17)9-15/h5-6,12H,7-9H2,1-4H3/t12-,14-,15-/m0/s1. The number of hydrogen-bond donors (Lipinski definition) is 0. The van der Waals surface area contributed by atoms with E-state index < -0.39 is 0 Å². The van der Waals surface area contributed by atoms with Crippen LogP contribution in [-0.4, -0.2) is 9.70 Å². The van der Waals surface area contributed by atoms with Crippen LogP contribution in [0, 0.1) is 10.8 Å². The molecule has 102 valence electrons. The molecule has 3 atom stereocenters. The van der Waals surface area contributed by atoms with Gasteiger partial charge in [0.2, 0.25) is 0 Å². The van der Waals surface area contributed by atoms with Gasteiger partial charge >= 0.3 is 0 Å². The number of allylic oxidation sites excluding steroid dienone is 4. The molecule has 0 nitrogen and oxygen atoms in total. The van der Waals surface area contributed by atoms with Crippen LogP contribution in [-0.2, 0) is 0 Å². The molecule has 0 N–H and O–H groups in total. The summed E-state index contributed by atoms with van der Waals surface area (Å²) in [6.45, 7) is 9.12. The first-order valence-electron chi connectivity index (χ1n) is 6.51. The highest BCUT2D eigenvalue weighted by atomic mass is 79.9. The fourth-order valence-electron chi connectivity index (χ4n) is 3.45. The van der Waals surface area contributed by atoms with Gasteiger partial charge in [0.1, 0.15) is 0 Å². The third-order valence-corrected chi connectivity index (χ3v) is 8.56. The summed E-state index contributed by atoms with van der Waals surface area (Å²) >= 11 is 14.2. The molecule has 0 unspecified atom stereocenters. The Morgan fingerprint density at radius 3 is 2.39 bits per heavy atom. The highest BCUT2D eigenvalue weighted by Gasteiger charge is 2.54. The van der Waals surface area contributed by atoms with Crippen molar-refractivity contribution in [2.75, 3.05) is 0 Å². The van der Waals surface area contributed by atoms with E-state index in [-0.39, 0.29) is 15.7 Å². The fraction of sp³-hybridized carbons (Fsp3) is 0.733. The molecule has 3 heteroatoms. The molecule has 0 bridgehead atoms. The van der Waals surface area contributed by atoms with Crippen LogP contribution in [0.15, 0.2) is 22.2 Å². The number of alkyl halides is 2. The minimum absolute atomic E-state index is 0.116. The summed E-state index contributed by atoms with van der Waals surface area (Å²) in [6.07, 6.45) is 7.79. The summed E-state index contributed by atoms with van der Waals surface area (Å²) in [6, 6.07) is 0. The summed E-state index contributed by atoms with van der Waals surface area (Å²) in [5.41, 5.74) is 1.86. The van der Waals surface area contributed by atoms with Gasteiger partial charge in [0.15, 0.2) is 0 Å². The number of rotatable bonds is 0. The third-order valence-electron chi connectivity index (χ3n) is 5.25. The van der Waals surface area contributed by atoms with Gasteiger partial charge in [-0.2, -0.15) is 0 Å². The Hall–Kier alpha value is 0.730. The van der Waals surface area contributed by atoms with E-state index in [0.717, 1.165) is 19.3 Å². The lowest BCUT2D eigenvalue weighted by Crippen LogP contribution is -2.50. The largest absolute Gasteiger partial charge is 0.118 e. The summed E-state index contributed by atoms with van der Waals surface area (Å²) in [4.78, 5) is 0.247. The van der Waals surface area contributed by atoms with E-state index in [0.29, 0.717) is 4.83 Å². The van der Waals surface area contributed by atoms with Crippen LogP contribution in [0.5, 0.6) is 0 Å². The molecule has 0 aromatic carbocycles. The smallest absolute Gasteiger partial charge is 0.0544 e. The summed E-state index contributed by atoms with van der Waals surface area (Å²) < 4.78 is 1.30. The van der Waals surface area contributed by atoms with Crippen LogP contribution >= 0.6 is 43.5 Å². The maximum atomic E-state index is 6.61. The van der Waals surface area contributed by atoms with Crippen LogP contribution < -0.4 is 0 Å². The zero-order valence-electron chi connectivity index (χ0n) is 11.5. The molecular formula is C15H21Br2Cl. The lowest BCUT2D eigenvalue weighted by Gasteiger charge is -2.56. The van der Waals surface area contributed by atoms with E-state index in [9.17, 15) is 0 Å². The Balaban J connectivity index is 2.43. The van der Waals surface area contributed by atoms with Crippen molar-refractivity contribution in [3.05, 3.63) is 22.2 Å². The Kier molecular flexibility index (Phi) is 3.89. The quantitative estimate of drug-likeness (QED) is 0.429. The van der Waals surface area contributed by atoms with Gasteiger partial charge in [-0.3, -0.25) is 0 Å². The van der Waals surface area contributed by atoms with Gasteiger partial charge in [0.05, 0.1) is 4.87 Å². The molecule has 0 aliphatic heterocycles. The lowest BCUT2D eigenvalue weighted by molar-refractivity contribution is 0.0917. The van der Waals surface area contributed by atoms with E-state index in [1.807, 2.05) is 0 Å². The zero-order valence-corrected chi connectivity index (χ0v) is 15.4. The molecule has 1 saturated carbocycles. The third kappa shape index (κ3) is 2.07. The number of hydrogen-bond acceptors (Lipinski definition) is 0. The van der Waals surface area contributed by atoms with Gasteiger partial charge in [-0.05, 0) is 33.1 Å². The minimum Gasteiger partial charge on any atom is -0.118 e. The average Bonchev–Trinajstić information content (AvgIpc) is 2.27. The van der Waals surface area contributed by atoms with E-state index in [4.69, 9.17) is 11.6 Å². The van der Waals surface area contributed by atoms with Crippen molar-refractivity contribution >= 4 is 43.5 Å². The van der Waals surface area contributed by atoms with Gasteiger partial charge in [-0.25, -0.2) is 0 Å². The van der Waals surface area contributed by atoms with Crippen LogP contribution in [0.25, 0.3) is 0 Å². The van der Waals surface area contributed by atoms with Crippen LogP contribution in [0.1, 0.15) is 47.0 Å². The van der Waals surface area contributed by atoms with Crippen LogP contribution in [0.2, 0.25) is 0 Å². The van der Waals surface area contributed by atoms with E-state index >= 15 is 0 Å². The first-order chi connectivity index (χ1) is 8.13. The van der Waals surface area contributed by atoms with Crippen molar-refractivity contribution in [1.29, 1.82) is 0 Å². The van der Waals surface area contributed by atoms with E-state index in [1.165, 1.54) is 10.1 Å². The Bertz CT molecular complexity index is 420. The van der Waals surface area contributed by atoms with Crippen molar-refractivity contribution in [3.8, 4) is 0 Å². The SMILES string of the molecule is CC1=CC=C(Br)C(C)(C)[C@]12CC[C@](C)(Cl)[C@@H](Br)C2. The van der Waals surface area contributed by atoms with Crippen molar-refractivity contribution < 1.29 is 0 Å². The molecule has 0 radical (unpaired) electrons. The van der Waals surface area contributed by atoms with Gasteiger partial charge in [0.25, 0.3) is 0 Å². The molecule has 0 heterocycles. The molecule has 0 amide bonds. The van der Waals surface area contributed by atoms with E-state index in [2.05, 4.69) is 71.7 Å². The van der Waals surface area contributed by atoms with Crippen molar-refractivity contribution in [3.63, 3.8) is 0 Å². The van der Waals surface area contributed by atoms with Crippen molar-refractivity contribution in [2.45, 2.75) is 56.7 Å². The Morgan fingerprint density at radius 2 is 1.83 bits per heavy atom. The minimum atomic E-state index is -0.116. The molecule has 0 saturated heterocycles. The van der Waals surface area contributed by atoms with Gasteiger partial charge < -0.3 is 0 Å². The van der Waals surface area contributed by atoms with Gasteiger partial charge in [-0.1, -0.05) is 63.4 Å². The second-order valence-corrected chi connectivity index (χ2v) is 9.34. The highest BCUT2D eigenvalue weighted by Crippen LogP contribution is 2.63. The molecule has 2 aliphatic rings. The molecule has 2 rings (SSSR count). The summed E-state index contributed by atoms with van der Waals surface area (Å²) in [7, 11) is 0. The molecular weight excluding hydrogens is 375 g/mol. The van der Waals surface area contributed by atoms with Crippen molar-refractivity contribution in [1.82, 2.24) is 0 Å². The molecule has 1 fully saturated rings. The summed E-state index contributed by atoms with van der Waals surface area (Å²) in [5.74, 6) is 0. The first-order valence-corrected chi connectivity index (χ1v) is 8.60. The summed E-state index contributed by atoms with van der Waals surface area (Å²) in [5, 5.41) is 0. The molecule has 2 aliphatic carbocycles. The monoisotopic (exact) mass is 394 g/mol. The maximum Gasteiger partial charge on any atom is 0.0544 e. The molecule has 0 aromatic heterocycles. The lowest BCUT2D eigenvalue weighted by atomic mass is 9.52. The molecule has 18 heavy (non-hydrogen) atoms. The topological polar surface area (TPSA) is 0 Å². The van der Waals surface area contributed by atoms with E-state index in [1.54, 1.807) is 0 Å². The zero-order chi connectivity index (χ0) is 13.8. The fourth-order valence-corrected chi connectivity index (χ4v) is 4.91. The molecule has 0 aromatic rings. The average molecular weight is 397 g/mol. The van der Waals surface area contributed by atoms with Gasteiger partial charge in [-0.15, -0.1) is 11.6 Å². The normalized spacial score (nSPS) is 43.6. The van der Waals surface area contributed by atoms with Crippen molar-refractivity contribution in [2.24, 2.45) is 10.8 Å². The highest BCUT2D eigenvalue weighted by molar-refractivity contribution is 9.11. The first kappa shape index (κ1) is 15.1. The predicted molar refractivity (Wildman–Crippen MR) is 87.8 cm³/mol. The Labute approximate surface area is 132 Å². The Morgan fingerprint density at radius 1 is 1.22 bits per heavy atom. The predicted octanol–water partition coefficient (Wildman–Crippen LogP) is 6.18. The number of halogens is 3. The second-order valence-electron chi connectivity index (χ2n) is 6.52. The van der Waals surface area contributed by atoms with Crippen LogP contribution in [0.3, 0.4) is 0 Å². The van der Waals surface area contributed by atoms with Crippen LogP contribution in [0.4, 0.5) is 0 Å². The molecule has 1 spiro atoms. The second kappa shape index (κ2) is 4.63.